The number of carbonyl (C=O) groups is 1. The van der Waals surface area contributed by atoms with Crippen molar-refractivity contribution >= 4 is 29.0 Å². The number of thioether (sulfide) groups is 1. The molecule has 1 aromatic carbocycles. The van der Waals surface area contributed by atoms with Crippen molar-refractivity contribution in [1.29, 1.82) is 0 Å². The molecule has 21 heavy (non-hydrogen) atoms. The van der Waals surface area contributed by atoms with Crippen LogP contribution in [-0.4, -0.2) is 34.9 Å². The molecule has 2 rings (SSSR count). The molecule has 1 heterocycles. The second kappa shape index (κ2) is 7.31. The summed E-state index contributed by atoms with van der Waals surface area (Å²) in [5.41, 5.74) is 0.679. The molecule has 114 valence electrons. The van der Waals surface area contributed by atoms with Crippen LogP contribution in [0, 0.1) is 10.1 Å². The smallest absolute Gasteiger partial charge is 0.282 e. The summed E-state index contributed by atoms with van der Waals surface area (Å²) in [7, 11) is 0. The van der Waals surface area contributed by atoms with Gasteiger partial charge in [0, 0.05) is 30.1 Å². The lowest BCUT2D eigenvalue weighted by atomic mass is 10.1. The molecule has 0 saturated carbocycles. The lowest BCUT2D eigenvalue weighted by Gasteiger charge is -2.22. The van der Waals surface area contributed by atoms with Crippen LogP contribution in [0.2, 0.25) is 0 Å². The Morgan fingerprint density at radius 2 is 2.33 bits per heavy atom. The maximum Gasteiger partial charge on any atom is 0.282 e. The number of rotatable bonds is 5. The molecule has 1 aliphatic heterocycles. The molecular weight excluding hydrogens is 290 g/mol. The van der Waals surface area contributed by atoms with E-state index in [1.54, 1.807) is 23.9 Å². The topological polar surface area (TPSA) is 84.3 Å². The van der Waals surface area contributed by atoms with Gasteiger partial charge in [-0.05, 0) is 37.7 Å². The molecule has 1 aromatic rings. The summed E-state index contributed by atoms with van der Waals surface area (Å²) in [6, 6.07) is 4.64. The van der Waals surface area contributed by atoms with Gasteiger partial charge >= 0.3 is 0 Å². The quantitative estimate of drug-likeness (QED) is 0.645. The fourth-order valence-electron chi connectivity index (χ4n) is 2.31. The van der Waals surface area contributed by atoms with E-state index in [4.69, 9.17) is 0 Å². The third-order valence-electron chi connectivity index (χ3n) is 3.31. The van der Waals surface area contributed by atoms with E-state index < -0.39 is 4.92 Å². The average Bonchev–Trinajstić information content (AvgIpc) is 2.48. The van der Waals surface area contributed by atoms with Crippen molar-refractivity contribution in [2.24, 2.45) is 0 Å². The number of carbonyl (C=O) groups excluding carboxylic acids is 1. The van der Waals surface area contributed by atoms with Gasteiger partial charge < -0.3 is 10.6 Å². The first kappa shape index (κ1) is 15.6. The Labute approximate surface area is 127 Å². The number of benzene rings is 1. The number of nitrogens with one attached hydrogen (secondary N) is 2. The first-order chi connectivity index (χ1) is 10.1. The van der Waals surface area contributed by atoms with Gasteiger partial charge in [-0.25, -0.2) is 0 Å². The van der Waals surface area contributed by atoms with E-state index in [1.165, 1.54) is 6.07 Å². The summed E-state index contributed by atoms with van der Waals surface area (Å²) < 4.78 is 0. The third-order valence-corrected chi connectivity index (χ3v) is 4.53. The molecule has 0 radical (unpaired) electrons. The first-order valence-electron chi connectivity index (χ1n) is 7.02. The van der Waals surface area contributed by atoms with Gasteiger partial charge in [-0.15, -0.1) is 0 Å². The van der Waals surface area contributed by atoms with Crippen LogP contribution >= 0.6 is 11.8 Å². The van der Waals surface area contributed by atoms with Gasteiger partial charge in [0.15, 0.2) is 0 Å². The first-order valence-corrected chi connectivity index (χ1v) is 8.18. The molecule has 1 fully saturated rings. The highest BCUT2D eigenvalue weighted by atomic mass is 32.2. The van der Waals surface area contributed by atoms with E-state index in [0.717, 1.165) is 24.3 Å². The molecule has 1 amide bonds. The van der Waals surface area contributed by atoms with Gasteiger partial charge in [-0.3, -0.25) is 14.9 Å². The molecule has 1 atom stereocenters. The maximum atomic E-state index is 12.3. The fourth-order valence-corrected chi connectivity index (χ4v) is 3.38. The van der Waals surface area contributed by atoms with Gasteiger partial charge in [-0.2, -0.15) is 11.8 Å². The van der Waals surface area contributed by atoms with Crippen molar-refractivity contribution in [1.82, 2.24) is 5.32 Å². The van der Waals surface area contributed by atoms with Crippen LogP contribution in [0.3, 0.4) is 0 Å². The molecule has 0 spiro atoms. The fraction of sp³-hybridized carbons (Fsp3) is 0.500. The van der Waals surface area contributed by atoms with E-state index in [9.17, 15) is 14.9 Å². The van der Waals surface area contributed by atoms with Crippen molar-refractivity contribution in [2.45, 2.75) is 25.8 Å². The van der Waals surface area contributed by atoms with Crippen molar-refractivity contribution in [3.63, 3.8) is 0 Å². The highest BCUT2D eigenvalue weighted by molar-refractivity contribution is 7.99. The van der Waals surface area contributed by atoms with Crippen LogP contribution in [0.4, 0.5) is 11.4 Å². The van der Waals surface area contributed by atoms with Crippen LogP contribution in [0.5, 0.6) is 0 Å². The number of nitrogens with zero attached hydrogens (tertiary/aromatic N) is 1. The van der Waals surface area contributed by atoms with Gasteiger partial charge in [0.25, 0.3) is 11.6 Å². The molecule has 2 N–H and O–H groups in total. The van der Waals surface area contributed by atoms with Crippen molar-refractivity contribution < 1.29 is 9.72 Å². The minimum absolute atomic E-state index is 0.0960. The second-order valence-electron chi connectivity index (χ2n) is 4.91. The number of amides is 1. The minimum Gasteiger partial charge on any atom is -0.385 e. The summed E-state index contributed by atoms with van der Waals surface area (Å²) >= 11 is 1.80. The summed E-state index contributed by atoms with van der Waals surface area (Å²) in [5, 5.41) is 17.1. The number of hydrogen-bond acceptors (Lipinski definition) is 5. The van der Waals surface area contributed by atoms with E-state index in [-0.39, 0.29) is 23.2 Å². The third kappa shape index (κ3) is 4.10. The Balaban J connectivity index is 2.19. The standard InChI is InChI=1S/C14H19N3O3S/c1-2-15-10-5-6-13(17(19)20)12(8-10)14(18)16-11-4-3-7-21-9-11/h5-6,8,11,15H,2-4,7,9H2,1H3,(H,16,18). The van der Waals surface area contributed by atoms with Crippen LogP contribution in [0.1, 0.15) is 30.1 Å². The largest absolute Gasteiger partial charge is 0.385 e. The molecule has 0 aliphatic carbocycles. The van der Waals surface area contributed by atoms with Crippen LogP contribution in [0.25, 0.3) is 0 Å². The number of nitro groups is 1. The van der Waals surface area contributed by atoms with E-state index in [0.29, 0.717) is 12.2 Å². The Hall–Kier alpha value is -1.76. The monoisotopic (exact) mass is 309 g/mol. The lowest BCUT2D eigenvalue weighted by molar-refractivity contribution is -0.385. The molecule has 0 aromatic heterocycles. The number of nitro benzene ring substituents is 1. The zero-order valence-electron chi connectivity index (χ0n) is 11.9. The van der Waals surface area contributed by atoms with Gasteiger partial charge in [0.1, 0.15) is 5.56 Å². The van der Waals surface area contributed by atoms with Crippen molar-refractivity contribution in [3.05, 3.63) is 33.9 Å². The molecule has 1 saturated heterocycles. The predicted octanol–water partition coefficient (Wildman–Crippen LogP) is 2.65. The second-order valence-corrected chi connectivity index (χ2v) is 6.06. The summed E-state index contributed by atoms with van der Waals surface area (Å²) in [4.78, 5) is 22.9. The highest BCUT2D eigenvalue weighted by Crippen LogP contribution is 2.24. The maximum absolute atomic E-state index is 12.3. The molecule has 7 heteroatoms. The summed E-state index contributed by atoms with van der Waals surface area (Å²) in [6.07, 6.45) is 1.99. The zero-order valence-corrected chi connectivity index (χ0v) is 12.7. The zero-order chi connectivity index (χ0) is 15.2. The number of anilines is 1. The normalized spacial score (nSPS) is 18.0. The highest BCUT2D eigenvalue weighted by Gasteiger charge is 2.23. The van der Waals surface area contributed by atoms with Crippen LogP contribution < -0.4 is 10.6 Å². The van der Waals surface area contributed by atoms with Gasteiger partial charge in [-0.1, -0.05) is 0 Å². The van der Waals surface area contributed by atoms with E-state index in [1.807, 2.05) is 6.92 Å². The van der Waals surface area contributed by atoms with E-state index in [2.05, 4.69) is 10.6 Å². The van der Waals surface area contributed by atoms with Crippen LogP contribution in [-0.2, 0) is 0 Å². The Morgan fingerprint density at radius 3 is 2.95 bits per heavy atom. The van der Waals surface area contributed by atoms with E-state index >= 15 is 0 Å². The lowest BCUT2D eigenvalue weighted by Crippen LogP contribution is -2.38. The minimum atomic E-state index is -0.514. The molecule has 1 aliphatic rings. The Morgan fingerprint density at radius 1 is 1.52 bits per heavy atom. The van der Waals surface area contributed by atoms with Gasteiger partial charge in [0.05, 0.1) is 4.92 Å². The van der Waals surface area contributed by atoms with Crippen molar-refractivity contribution in [2.75, 3.05) is 23.4 Å². The molecular formula is C14H19N3O3S. The molecule has 6 nitrogen and oxygen atoms in total. The predicted molar refractivity (Wildman–Crippen MR) is 85.1 cm³/mol. The van der Waals surface area contributed by atoms with Crippen molar-refractivity contribution in [3.8, 4) is 0 Å². The Bertz CT molecular complexity index is 530. The SMILES string of the molecule is CCNc1ccc([N+](=O)[O-])c(C(=O)NC2CCCSC2)c1. The average molecular weight is 309 g/mol. The van der Waals surface area contributed by atoms with Crippen LogP contribution in [0.15, 0.2) is 18.2 Å². The molecule has 1 unspecified atom stereocenters. The summed E-state index contributed by atoms with van der Waals surface area (Å²) in [5.74, 6) is 1.61. The Kier molecular flexibility index (Phi) is 5.44. The molecule has 0 bridgehead atoms. The number of hydrogen-bond donors (Lipinski definition) is 2. The summed E-state index contributed by atoms with van der Waals surface area (Å²) in [6.45, 7) is 2.62. The van der Waals surface area contributed by atoms with Gasteiger partial charge in [0.2, 0.25) is 0 Å².